The highest BCUT2D eigenvalue weighted by atomic mass is 16.2. The molecular formula is C14H20N6O. The van der Waals surface area contributed by atoms with Crippen LogP contribution in [-0.2, 0) is 0 Å². The zero-order chi connectivity index (χ0) is 15.4. The number of hydrogen-bond donors (Lipinski definition) is 2. The van der Waals surface area contributed by atoms with Crippen molar-refractivity contribution < 1.29 is 4.79 Å². The molecule has 0 saturated heterocycles. The van der Waals surface area contributed by atoms with E-state index in [4.69, 9.17) is 0 Å². The summed E-state index contributed by atoms with van der Waals surface area (Å²) in [6.07, 6.45) is 1.70. The molecule has 2 aromatic rings. The van der Waals surface area contributed by atoms with E-state index < -0.39 is 0 Å². The van der Waals surface area contributed by atoms with Gasteiger partial charge in [0.15, 0.2) is 5.82 Å². The number of carbonyl (C=O) groups is 1. The number of amides is 2. The first kappa shape index (κ1) is 14.8. The summed E-state index contributed by atoms with van der Waals surface area (Å²) in [6.45, 7) is 3.98. The van der Waals surface area contributed by atoms with Crippen molar-refractivity contribution in [3.05, 3.63) is 30.5 Å². The average molecular weight is 288 g/mol. The van der Waals surface area contributed by atoms with Gasteiger partial charge < -0.3 is 10.2 Å². The minimum atomic E-state index is -0.347. The van der Waals surface area contributed by atoms with E-state index in [1.807, 2.05) is 57.1 Å². The maximum Gasteiger partial charge on any atom is 0.325 e. The van der Waals surface area contributed by atoms with Gasteiger partial charge in [0.25, 0.3) is 0 Å². The molecule has 7 nitrogen and oxygen atoms in total. The van der Waals surface area contributed by atoms with E-state index in [1.54, 1.807) is 10.9 Å². The fourth-order valence-corrected chi connectivity index (χ4v) is 1.83. The standard InChI is InChI=1S/C14H20N6O/c1-10(2)20-9-13(17-18-20)16-14(21)15-11-7-5-6-8-12(11)19(3)4/h5-10H,1-4H3,(H2,15,16,21). The predicted molar refractivity (Wildman–Crippen MR) is 83.8 cm³/mol. The van der Waals surface area contributed by atoms with Gasteiger partial charge in [-0.3, -0.25) is 5.32 Å². The molecule has 1 heterocycles. The monoisotopic (exact) mass is 288 g/mol. The van der Waals surface area contributed by atoms with Crippen LogP contribution in [0, 0.1) is 0 Å². The molecule has 2 N–H and O–H groups in total. The molecule has 0 aliphatic carbocycles. The van der Waals surface area contributed by atoms with E-state index in [0.29, 0.717) is 5.82 Å². The molecule has 2 rings (SSSR count). The number of rotatable bonds is 4. The third-order valence-electron chi connectivity index (χ3n) is 2.92. The average Bonchev–Trinajstić information content (AvgIpc) is 2.87. The Morgan fingerprint density at radius 1 is 1.24 bits per heavy atom. The first-order valence-electron chi connectivity index (χ1n) is 6.73. The Balaban J connectivity index is 2.05. The lowest BCUT2D eigenvalue weighted by Crippen LogP contribution is -2.21. The van der Waals surface area contributed by atoms with Gasteiger partial charge in [-0.2, -0.15) is 0 Å². The van der Waals surface area contributed by atoms with Crippen molar-refractivity contribution in [2.24, 2.45) is 0 Å². The fourth-order valence-electron chi connectivity index (χ4n) is 1.83. The van der Waals surface area contributed by atoms with Gasteiger partial charge in [0.05, 0.1) is 17.6 Å². The van der Waals surface area contributed by atoms with Crippen molar-refractivity contribution in [1.29, 1.82) is 0 Å². The second kappa shape index (κ2) is 6.25. The van der Waals surface area contributed by atoms with Crippen LogP contribution in [0.2, 0.25) is 0 Å². The maximum absolute atomic E-state index is 12.0. The van der Waals surface area contributed by atoms with Crippen LogP contribution in [0.15, 0.2) is 30.5 Å². The third-order valence-corrected chi connectivity index (χ3v) is 2.92. The van der Waals surface area contributed by atoms with Crippen molar-refractivity contribution in [2.45, 2.75) is 19.9 Å². The highest BCUT2D eigenvalue weighted by Crippen LogP contribution is 2.23. The molecule has 0 fully saturated rings. The summed E-state index contributed by atoms with van der Waals surface area (Å²) in [6, 6.07) is 7.43. The van der Waals surface area contributed by atoms with Crippen LogP contribution in [-0.4, -0.2) is 35.1 Å². The number of nitrogens with one attached hydrogen (secondary N) is 2. The van der Waals surface area contributed by atoms with Crippen molar-refractivity contribution in [3.63, 3.8) is 0 Å². The van der Waals surface area contributed by atoms with Crippen LogP contribution in [0.25, 0.3) is 0 Å². The number of aromatic nitrogens is 3. The summed E-state index contributed by atoms with van der Waals surface area (Å²) in [5.41, 5.74) is 1.66. The molecule has 7 heteroatoms. The molecule has 0 radical (unpaired) electrons. The molecule has 0 aliphatic rings. The van der Waals surface area contributed by atoms with Crippen molar-refractivity contribution in [1.82, 2.24) is 15.0 Å². The summed E-state index contributed by atoms with van der Waals surface area (Å²) in [5, 5.41) is 13.3. The SMILES string of the molecule is CC(C)n1cc(NC(=O)Nc2ccccc2N(C)C)nn1. The van der Waals surface area contributed by atoms with E-state index >= 15 is 0 Å². The molecule has 2 amide bonds. The van der Waals surface area contributed by atoms with Crippen LogP contribution in [0.1, 0.15) is 19.9 Å². The smallest absolute Gasteiger partial charge is 0.325 e. The van der Waals surface area contributed by atoms with E-state index in [2.05, 4.69) is 20.9 Å². The molecule has 0 saturated carbocycles. The summed E-state index contributed by atoms with van der Waals surface area (Å²) >= 11 is 0. The highest BCUT2D eigenvalue weighted by Gasteiger charge is 2.10. The number of nitrogens with zero attached hydrogens (tertiary/aromatic N) is 4. The molecule has 112 valence electrons. The minimum absolute atomic E-state index is 0.200. The van der Waals surface area contributed by atoms with Crippen LogP contribution < -0.4 is 15.5 Å². The van der Waals surface area contributed by atoms with E-state index in [1.165, 1.54) is 0 Å². The molecule has 0 unspecified atom stereocenters. The molecule has 0 atom stereocenters. The van der Waals surface area contributed by atoms with Gasteiger partial charge >= 0.3 is 6.03 Å². The van der Waals surface area contributed by atoms with Gasteiger partial charge in [0.1, 0.15) is 0 Å². The number of carbonyl (C=O) groups excluding carboxylic acids is 1. The van der Waals surface area contributed by atoms with Gasteiger partial charge in [-0.05, 0) is 26.0 Å². The molecule has 1 aromatic carbocycles. The summed E-state index contributed by atoms with van der Waals surface area (Å²) in [4.78, 5) is 14.0. The third kappa shape index (κ3) is 3.71. The van der Waals surface area contributed by atoms with Crippen LogP contribution in [0.4, 0.5) is 22.0 Å². The number of para-hydroxylation sites is 2. The quantitative estimate of drug-likeness (QED) is 0.906. The van der Waals surface area contributed by atoms with E-state index in [0.717, 1.165) is 11.4 Å². The fraction of sp³-hybridized carbons (Fsp3) is 0.357. The topological polar surface area (TPSA) is 75.1 Å². The zero-order valence-electron chi connectivity index (χ0n) is 12.7. The van der Waals surface area contributed by atoms with Gasteiger partial charge in [0, 0.05) is 20.1 Å². The van der Waals surface area contributed by atoms with Gasteiger partial charge in [0.2, 0.25) is 0 Å². The van der Waals surface area contributed by atoms with Gasteiger partial charge in [-0.1, -0.05) is 17.3 Å². The summed E-state index contributed by atoms with van der Waals surface area (Å²) < 4.78 is 1.68. The Morgan fingerprint density at radius 2 is 1.95 bits per heavy atom. The Kier molecular flexibility index (Phi) is 4.42. The molecule has 0 aliphatic heterocycles. The van der Waals surface area contributed by atoms with E-state index in [-0.39, 0.29) is 12.1 Å². The number of hydrogen-bond acceptors (Lipinski definition) is 4. The molecule has 0 spiro atoms. The number of benzene rings is 1. The van der Waals surface area contributed by atoms with Crippen molar-refractivity contribution >= 4 is 23.2 Å². The summed E-state index contributed by atoms with van der Waals surface area (Å²) in [5.74, 6) is 0.420. The second-order valence-corrected chi connectivity index (χ2v) is 5.17. The van der Waals surface area contributed by atoms with Crippen molar-refractivity contribution in [3.8, 4) is 0 Å². The number of urea groups is 1. The van der Waals surface area contributed by atoms with Crippen molar-refractivity contribution in [2.75, 3.05) is 29.6 Å². The molecular weight excluding hydrogens is 268 g/mol. The van der Waals surface area contributed by atoms with Gasteiger partial charge in [-0.15, -0.1) is 5.10 Å². The largest absolute Gasteiger partial charge is 0.376 e. The van der Waals surface area contributed by atoms with Crippen LogP contribution in [0.3, 0.4) is 0 Å². The maximum atomic E-state index is 12.0. The van der Waals surface area contributed by atoms with E-state index in [9.17, 15) is 4.79 Å². The van der Waals surface area contributed by atoms with Crippen LogP contribution >= 0.6 is 0 Å². The lowest BCUT2D eigenvalue weighted by Gasteiger charge is -2.17. The first-order valence-corrected chi connectivity index (χ1v) is 6.73. The first-order chi connectivity index (χ1) is 9.97. The van der Waals surface area contributed by atoms with Gasteiger partial charge in [-0.25, -0.2) is 9.48 Å². The lowest BCUT2D eigenvalue weighted by atomic mass is 10.2. The minimum Gasteiger partial charge on any atom is -0.376 e. The number of anilines is 3. The zero-order valence-corrected chi connectivity index (χ0v) is 12.7. The second-order valence-electron chi connectivity index (χ2n) is 5.17. The Hall–Kier alpha value is -2.57. The lowest BCUT2D eigenvalue weighted by molar-refractivity contribution is 0.262. The molecule has 0 bridgehead atoms. The predicted octanol–water partition coefficient (Wildman–Crippen LogP) is 2.57. The molecule has 21 heavy (non-hydrogen) atoms. The molecule has 1 aromatic heterocycles. The summed E-state index contributed by atoms with van der Waals surface area (Å²) in [7, 11) is 3.85. The highest BCUT2D eigenvalue weighted by molar-refractivity contribution is 6.01. The normalized spacial score (nSPS) is 10.5. The van der Waals surface area contributed by atoms with Crippen LogP contribution in [0.5, 0.6) is 0 Å². The Labute approximate surface area is 123 Å². The Morgan fingerprint density at radius 3 is 2.57 bits per heavy atom. The Bertz CT molecular complexity index is 619.